The van der Waals surface area contributed by atoms with Gasteiger partial charge in [-0.2, -0.15) is 0 Å². The van der Waals surface area contributed by atoms with Crippen LogP contribution in [0.2, 0.25) is 10.0 Å². The number of ether oxygens (including phenoxy) is 1. The third-order valence-corrected chi connectivity index (χ3v) is 8.64. The summed E-state index contributed by atoms with van der Waals surface area (Å²) < 4.78 is 6.42. The van der Waals surface area contributed by atoms with Gasteiger partial charge < -0.3 is 20.3 Å². The summed E-state index contributed by atoms with van der Waals surface area (Å²) in [6.45, 7) is 0.251. The molecule has 3 fully saturated rings. The van der Waals surface area contributed by atoms with Crippen molar-refractivity contribution >= 4 is 46.6 Å². The van der Waals surface area contributed by atoms with Gasteiger partial charge in [-0.3, -0.25) is 14.4 Å². The molecule has 0 radical (unpaired) electrons. The minimum absolute atomic E-state index is 0.0784. The Kier molecular flexibility index (Phi) is 6.70. The molecule has 198 valence electrons. The minimum atomic E-state index is -1.21. The van der Waals surface area contributed by atoms with Crippen LogP contribution in [0.25, 0.3) is 0 Å². The van der Waals surface area contributed by atoms with Gasteiger partial charge in [0.15, 0.2) is 0 Å². The van der Waals surface area contributed by atoms with Crippen LogP contribution < -0.4 is 10.6 Å². The Hall–Kier alpha value is -2.87. The number of fused-ring (bicyclic) bond motifs is 1. The van der Waals surface area contributed by atoms with E-state index >= 15 is 0 Å². The monoisotopic (exact) mass is 553 g/mol. The lowest BCUT2D eigenvalue weighted by Gasteiger charge is -2.34. The SMILES string of the molecule is O=C(Nc1cc(Cl)cc(Cl)c1)C1C2C=CC3(O2)C1C(=O)N(Cc1ccccc1)C3C(=O)NC1CCCCC1. The van der Waals surface area contributed by atoms with Gasteiger partial charge >= 0.3 is 0 Å². The lowest BCUT2D eigenvalue weighted by atomic mass is 9.74. The number of amides is 3. The van der Waals surface area contributed by atoms with Crippen LogP contribution in [0.1, 0.15) is 37.7 Å². The number of likely N-dealkylation sites (tertiary alicyclic amines) is 1. The molecule has 2 saturated heterocycles. The van der Waals surface area contributed by atoms with E-state index in [1.165, 1.54) is 6.42 Å². The maximum Gasteiger partial charge on any atom is 0.246 e. The number of benzene rings is 2. The maximum atomic E-state index is 14.1. The molecule has 3 aliphatic heterocycles. The molecular weight excluding hydrogens is 525 g/mol. The van der Waals surface area contributed by atoms with E-state index in [2.05, 4.69) is 10.6 Å². The molecule has 6 rings (SSSR count). The van der Waals surface area contributed by atoms with Gasteiger partial charge in [0, 0.05) is 28.3 Å². The zero-order chi connectivity index (χ0) is 26.4. The second-order valence-corrected chi connectivity index (χ2v) is 11.5. The Labute approximate surface area is 231 Å². The minimum Gasteiger partial charge on any atom is -0.359 e. The quantitative estimate of drug-likeness (QED) is 0.506. The van der Waals surface area contributed by atoms with Crippen molar-refractivity contribution in [2.75, 3.05) is 5.32 Å². The van der Waals surface area contributed by atoms with Gasteiger partial charge in [-0.1, -0.05) is 84.9 Å². The van der Waals surface area contributed by atoms with E-state index in [1.54, 1.807) is 23.1 Å². The van der Waals surface area contributed by atoms with Crippen molar-refractivity contribution in [2.24, 2.45) is 11.8 Å². The summed E-state index contributed by atoms with van der Waals surface area (Å²) in [5, 5.41) is 6.84. The average Bonchev–Trinajstić information content (AvgIpc) is 3.52. The molecule has 3 heterocycles. The summed E-state index contributed by atoms with van der Waals surface area (Å²) >= 11 is 12.2. The van der Waals surface area contributed by atoms with Gasteiger partial charge in [0.2, 0.25) is 17.7 Å². The Morgan fingerprint density at radius 3 is 2.42 bits per heavy atom. The average molecular weight is 554 g/mol. The lowest BCUT2D eigenvalue weighted by molar-refractivity contribution is -0.142. The standard InChI is InChI=1S/C29H29Cl2N3O4/c30-18-13-19(31)15-21(14-18)33-26(35)23-22-11-12-29(38-22)24(23)28(37)34(16-17-7-3-1-4-8-17)25(29)27(36)32-20-9-5-2-6-10-20/h1,3-4,7-8,11-15,20,22-25H,2,5-6,9-10,16H2,(H,32,36)(H,33,35). The van der Waals surface area contributed by atoms with E-state index < -0.39 is 29.6 Å². The first kappa shape index (κ1) is 25.4. The van der Waals surface area contributed by atoms with Crippen LogP contribution in [0, 0.1) is 11.8 Å². The van der Waals surface area contributed by atoms with Crippen LogP contribution in [0.15, 0.2) is 60.7 Å². The molecule has 5 atom stereocenters. The van der Waals surface area contributed by atoms with Gasteiger partial charge in [-0.15, -0.1) is 0 Å². The number of anilines is 1. The molecule has 1 saturated carbocycles. The number of nitrogens with zero attached hydrogens (tertiary/aromatic N) is 1. The molecule has 2 aromatic rings. The van der Waals surface area contributed by atoms with Crippen LogP contribution in [0.4, 0.5) is 5.69 Å². The molecule has 5 unspecified atom stereocenters. The molecule has 1 spiro atoms. The summed E-state index contributed by atoms with van der Waals surface area (Å²) in [5.74, 6) is -2.47. The smallest absolute Gasteiger partial charge is 0.246 e. The van der Waals surface area contributed by atoms with Crippen LogP contribution in [0.3, 0.4) is 0 Å². The summed E-state index contributed by atoms with van der Waals surface area (Å²) in [4.78, 5) is 43.1. The highest BCUT2D eigenvalue weighted by Crippen LogP contribution is 2.55. The van der Waals surface area contributed by atoms with E-state index in [0.717, 1.165) is 31.2 Å². The number of nitrogens with one attached hydrogen (secondary N) is 2. The normalized spacial score (nSPS) is 29.9. The first-order chi connectivity index (χ1) is 18.4. The van der Waals surface area contributed by atoms with E-state index in [-0.39, 0.29) is 30.3 Å². The van der Waals surface area contributed by atoms with E-state index in [0.29, 0.717) is 15.7 Å². The molecule has 1 aliphatic carbocycles. The van der Waals surface area contributed by atoms with Gasteiger partial charge in [0.1, 0.15) is 11.6 Å². The molecule has 0 aromatic heterocycles. The summed E-state index contributed by atoms with van der Waals surface area (Å²) in [5.41, 5.74) is 0.135. The molecule has 38 heavy (non-hydrogen) atoms. The molecule has 4 aliphatic rings. The Morgan fingerprint density at radius 1 is 1.00 bits per heavy atom. The fourth-order valence-corrected chi connectivity index (χ4v) is 7.12. The molecule has 2 N–H and O–H groups in total. The van der Waals surface area contributed by atoms with Crippen molar-refractivity contribution in [2.45, 2.75) is 62.4 Å². The predicted octanol–water partition coefficient (Wildman–Crippen LogP) is 4.73. The van der Waals surface area contributed by atoms with Crippen LogP contribution in [0.5, 0.6) is 0 Å². The number of hydrogen-bond donors (Lipinski definition) is 2. The van der Waals surface area contributed by atoms with Crippen LogP contribution in [-0.2, 0) is 25.7 Å². The largest absolute Gasteiger partial charge is 0.359 e. The van der Waals surface area contributed by atoms with Gasteiger partial charge in [0.05, 0.1) is 17.9 Å². The molecular formula is C29H29Cl2N3O4. The molecule has 9 heteroatoms. The molecule has 3 amide bonds. The highest BCUT2D eigenvalue weighted by Gasteiger charge is 2.72. The molecule has 7 nitrogen and oxygen atoms in total. The van der Waals surface area contributed by atoms with Crippen molar-refractivity contribution in [1.29, 1.82) is 0 Å². The summed E-state index contributed by atoms with van der Waals surface area (Å²) in [6.07, 6.45) is 8.20. The first-order valence-electron chi connectivity index (χ1n) is 13.1. The third kappa shape index (κ3) is 4.40. The van der Waals surface area contributed by atoms with E-state index in [1.807, 2.05) is 42.5 Å². The zero-order valence-electron chi connectivity index (χ0n) is 20.7. The number of halogens is 2. The predicted molar refractivity (Wildman–Crippen MR) is 145 cm³/mol. The summed E-state index contributed by atoms with van der Waals surface area (Å²) in [7, 11) is 0. The summed E-state index contributed by atoms with van der Waals surface area (Å²) in [6, 6.07) is 13.6. The van der Waals surface area contributed by atoms with Crippen LogP contribution in [-0.4, -0.2) is 46.4 Å². The van der Waals surface area contributed by atoms with Crippen molar-refractivity contribution in [1.82, 2.24) is 10.2 Å². The van der Waals surface area contributed by atoms with Crippen molar-refractivity contribution in [3.8, 4) is 0 Å². The Balaban J connectivity index is 1.32. The second kappa shape index (κ2) is 10.0. The second-order valence-electron chi connectivity index (χ2n) is 10.6. The van der Waals surface area contributed by atoms with Gasteiger partial charge in [0.25, 0.3) is 0 Å². The highest BCUT2D eigenvalue weighted by molar-refractivity contribution is 6.35. The fourth-order valence-electron chi connectivity index (χ4n) is 6.60. The fraction of sp³-hybridized carbons (Fsp3) is 0.414. The topological polar surface area (TPSA) is 87.7 Å². The Morgan fingerprint density at radius 2 is 1.71 bits per heavy atom. The van der Waals surface area contributed by atoms with Crippen molar-refractivity contribution < 1.29 is 19.1 Å². The highest BCUT2D eigenvalue weighted by atomic mass is 35.5. The third-order valence-electron chi connectivity index (χ3n) is 8.20. The molecule has 2 bridgehead atoms. The first-order valence-corrected chi connectivity index (χ1v) is 13.9. The number of carbonyl (C=O) groups excluding carboxylic acids is 3. The van der Waals surface area contributed by atoms with E-state index in [9.17, 15) is 14.4 Å². The van der Waals surface area contributed by atoms with Crippen molar-refractivity contribution in [3.05, 3.63) is 76.3 Å². The Bertz CT molecular complexity index is 1280. The lowest BCUT2D eigenvalue weighted by Crippen LogP contribution is -2.56. The van der Waals surface area contributed by atoms with E-state index in [4.69, 9.17) is 27.9 Å². The molecule has 2 aromatic carbocycles. The zero-order valence-corrected chi connectivity index (χ0v) is 22.3. The number of hydrogen-bond acceptors (Lipinski definition) is 4. The maximum absolute atomic E-state index is 14.1. The number of carbonyl (C=O) groups is 3. The van der Waals surface area contributed by atoms with Crippen molar-refractivity contribution in [3.63, 3.8) is 0 Å². The van der Waals surface area contributed by atoms with Gasteiger partial charge in [-0.05, 0) is 36.6 Å². The van der Waals surface area contributed by atoms with Crippen LogP contribution >= 0.6 is 23.2 Å². The van der Waals surface area contributed by atoms with Gasteiger partial charge in [-0.25, -0.2) is 0 Å². The number of rotatable bonds is 6.